The fourth-order valence-corrected chi connectivity index (χ4v) is 2.70. The Hall–Kier alpha value is -2.33. The lowest BCUT2D eigenvalue weighted by atomic mass is 9.86. The monoisotopic (exact) mass is 340 g/mol. The van der Waals surface area contributed by atoms with Crippen molar-refractivity contribution in [3.8, 4) is 5.75 Å². The maximum absolute atomic E-state index is 12.2. The van der Waals surface area contributed by atoms with Gasteiger partial charge in [0.05, 0.1) is 13.7 Å². The van der Waals surface area contributed by atoms with Crippen LogP contribution in [0.25, 0.3) is 0 Å². The van der Waals surface area contributed by atoms with Gasteiger partial charge in [-0.2, -0.15) is 0 Å². The smallest absolute Gasteiger partial charge is 0.238 e. The lowest BCUT2D eigenvalue weighted by molar-refractivity contribution is -0.115. The van der Waals surface area contributed by atoms with E-state index in [-0.39, 0.29) is 11.3 Å². The number of ether oxygens (including phenoxy) is 1. The van der Waals surface area contributed by atoms with Crippen molar-refractivity contribution in [2.24, 2.45) is 0 Å². The van der Waals surface area contributed by atoms with Crippen LogP contribution in [0.1, 0.15) is 31.9 Å². The van der Waals surface area contributed by atoms with Crippen LogP contribution in [0.5, 0.6) is 5.75 Å². The summed E-state index contributed by atoms with van der Waals surface area (Å²) in [5, 5.41) is 6.21. The van der Waals surface area contributed by atoms with Crippen LogP contribution in [0.4, 0.5) is 5.69 Å². The Kier molecular flexibility index (Phi) is 6.59. The van der Waals surface area contributed by atoms with Crippen LogP contribution < -0.4 is 15.4 Å². The largest absolute Gasteiger partial charge is 0.497 e. The number of para-hydroxylation sites is 1. The summed E-state index contributed by atoms with van der Waals surface area (Å²) >= 11 is 0. The molecule has 134 valence electrons. The molecule has 0 saturated carbocycles. The molecule has 4 nitrogen and oxygen atoms in total. The van der Waals surface area contributed by atoms with E-state index in [4.69, 9.17) is 4.74 Å². The second kappa shape index (κ2) is 8.67. The summed E-state index contributed by atoms with van der Waals surface area (Å²) in [6.45, 7) is 7.46. The van der Waals surface area contributed by atoms with Crippen molar-refractivity contribution >= 4 is 11.6 Å². The van der Waals surface area contributed by atoms with Crippen molar-refractivity contribution in [3.63, 3.8) is 0 Å². The van der Waals surface area contributed by atoms with Gasteiger partial charge in [0.15, 0.2) is 0 Å². The van der Waals surface area contributed by atoms with Gasteiger partial charge in [-0.05, 0) is 47.7 Å². The molecule has 25 heavy (non-hydrogen) atoms. The molecule has 0 aliphatic carbocycles. The average molecular weight is 340 g/mol. The summed E-state index contributed by atoms with van der Waals surface area (Å²) in [5.41, 5.74) is 3.20. The van der Waals surface area contributed by atoms with Gasteiger partial charge in [-0.1, -0.05) is 51.1 Å². The molecular formula is C21H28N2O2. The highest BCUT2D eigenvalue weighted by Crippen LogP contribution is 2.29. The number of nitrogens with one attached hydrogen (secondary N) is 2. The molecule has 0 saturated heterocycles. The zero-order valence-electron chi connectivity index (χ0n) is 15.6. The zero-order valence-corrected chi connectivity index (χ0v) is 15.6. The molecule has 0 unspecified atom stereocenters. The Balaban J connectivity index is 1.82. The molecule has 1 amide bonds. The summed E-state index contributed by atoms with van der Waals surface area (Å²) in [6, 6.07) is 15.9. The molecule has 0 heterocycles. The fourth-order valence-electron chi connectivity index (χ4n) is 2.70. The number of carbonyl (C=O) groups excluding carboxylic acids is 1. The summed E-state index contributed by atoms with van der Waals surface area (Å²) < 4.78 is 5.22. The minimum Gasteiger partial charge on any atom is -0.497 e. The second-order valence-corrected chi connectivity index (χ2v) is 7.12. The lowest BCUT2D eigenvalue weighted by Gasteiger charge is -2.23. The number of hydrogen-bond acceptors (Lipinski definition) is 3. The SMILES string of the molecule is COc1cccc(CCNCC(=O)Nc2ccccc2C(C)(C)C)c1. The Bertz CT molecular complexity index is 705. The number of anilines is 1. The second-order valence-electron chi connectivity index (χ2n) is 7.12. The van der Waals surface area contributed by atoms with Crippen molar-refractivity contribution in [2.45, 2.75) is 32.6 Å². The van der Waals surface area contributed by atoms with E-state index in [0.717, 1.165) is 30.0 Å². The molecule has 0 atom stereocenters. The predicted molar refractivity (Wildman–Crippen MR) is 103 cm³/mol. The quantitative estimate of drug-likeness (QED) is 0.755. The first-order chi connectivity index (χ1) is 11.9. The number of methoxy groups -OCH3 is 1. The Labute approximate surface area is 150 Å². The van der Waals surface area contributed by atoms with Crippen molar-refractivity contribution in [3.05, 3.63) is 59.7 Å². The van der Waals surface area contributed by atoms with Gasteiger partial charge in [0, 0.05) is 5.69 Å². The number of amides is 1. The lowest BCUT2D eigenvalue weighted by Crippen LogP contribution is -2.30. The van der Waals surface area contributed by atoms with E-state index in [0.29, 0.717) is 6.54 Å². The predicted octanol–water partition coefficient (Wildman–Crippen LogP) is 3.76. The molecule has 0 aromatic heterocycles. The van der Waals surface area contributed by atoms with E-state index in [1.807, 2.05) is 36.4 Å². The van der Waals surface area contributed by atoms with Crippen LogP contribution in [0.15, 0.2) is 48.5 Å². The van der Waals surface area contributed by atoms with E-state index in [1.54, 1.807) is 7.11 Å². The molecule has 0 bridgehead atoms. The highest BCUT2D eigenvalue weighted by atomic mass is 16.5. The standard InChI is InChI=1S/C21H28N2O2/c1-21(2,3)18-10-5-6-11-19(18)23-20(24)15-22-13-12-16-8-7-9-17(14-16)25-4/h5-11,14,22H,12-13,15H2,1-4H3,(H,23,24). The zero-order chi connectivity index (χ0) is 18.3. The van der Waals surface area contributed by atoms with Crippen molar-refractivity contribution in [2.75, 3.05) is 25.5 Å². The normalized spacial score (nSPS) is 11.2. The first-order valence-corrected chi connectivity index (χ1v) is 8.63. The van der Waals surface area contributed by atoms with Gasteiger partial charge in [0.2, 0.25) is 5.91 Å². The van der Waals surface area contributed by atoms with Gasteiger partial charge < -0.3 is 15.4 Å². The molecule has 2 N–H and O–H groups in total. The Morgan fingerprint density at radius 2 is 1.84 bits per heavy atom. The summed E-state index contributed by atoms with van der Waals surface area (Å²) in [5.74, 6) is 0.830. The van der Waals surface area contributed by atoms with Crippen molar-refractivity contribution < 1.29 is 9.53 Å². The summed E-state index contributed by atoms with van der Waals surface area (Å²) in [7, 11) is 1.66. The Morgan fingerprint density at radius 3 is 2.56 bits per heavy atom. The third kappa shape index (κ3) is 5.91. The molecule has 4 heteroatoms. The number of hydrogen-bond donors (Lipinski definition) is 2. The van der Waals surface area contributed by atoms with Crippen LogP contribution in [-0.4, -0.2) is 26.1 Å². The molecule has 0 aliphatic heterocycles. The average Bonchev–Trinajstić information content (AvgIpc) is 2.58. The van der Waals surface area contributed by atoms with E-state index in [9.17, 15) is 4.79 Å². The molecule has 0 radical (unpaired) electrons. The van der Waals surface area contributed by atoms with Crippen LogP contribution >= 0.6 is 0 Å². The van der Waals surface area contributed by atoms with E-state index in [1.165, 1.54) is 5.56 Å². The van der Waals surface area contributed by atoms with Gasteiger partial charge in [-0.15, -0.1) is 0 Å². The first-order valence-electron chi connectivity index (χ1n) is 8.63. The minimum atomic E-state index is -0.0256. The molecule has 2 rings (SSSR count). The highest BCUT2D eigenvalue weighted by molar-refractivity contribution is 5.93. The third-order valence-corrected chi connectivity index (χ3v) is 4.02. The van der Waals surface area contributed by atoms with Crippen LogP contribution in [0.2, 0.25) is 0 Å². The van der Waals surface area contributed by atoms with Gasteiger partial charge in [-0.25, -0.2) is 0 Å². The topological polar surface area (TPSA) is 50.4 Å². The van der Waals surface area contributed by atoms with E-state index < -0.39 is 0 Å². The maximum atomic E-state index is 12.2. The molecule has 2 aromatic rings. The Morgan fingerprint density at radius 1 is 1.08 bits per heavy atom. The van der Waals surface area contributed by atoms with Gasteiger partial charge in [-0.3, -0.25) is 4.79 Å². The minimum absolute atomic E-state index is 0.0103. The number of carbonyl (C=O) groups is 1. The van der Waals surface area contributed by atoms with Crippen molar-refractivity contribution in [1.29, 1.82) is 0 Å². The molecule has 0 aliphatic rings. The molecular weight excluding hydrogens is 312 g/mol. The van der Waals surface area contributed by atoms with Gasteiger partial charge in [0.25, 0.3) is 0 Å². The third-order valence-electron chi connectivity index (χ3n) is 4.02. The number of benzene rings is 2. The maximum Gasteiger partial charge on any atom is 0.238 e. The summed E-state index contributed by atoms with van der Waals surface area (Å²) in [6.07, 6.45) is 0.850. The number of rotatable bonds is 7. The fraction of sp³-hybridized carbons (Fsp3) is 0.381. The molecule has 0 spiro atoms. The van der Waals surface area contributed by atoms with Crippen LogP contribution in [0, 0.1) is 0 Å². The van der Waals surface area contributed by atoms with E-state index in [2.05, 4.69) is 43.5 Å². The summed E-state index contributed by atoms with van der Waals surface area (Å²) in [4.78, 5) is 12.2. The highest BCUT2D eigenvalue weighted by Gasteiger charge is 2.18. The van der Waals surface area contributed by atoms with Crippen molar-refractivity contribution in [1.82, 2.24) is 5.32 Å². The first kappa shape index (κ1) is 19.0. The van der Waals surface area contributed by atoms with E-state index >= 15 is 0 Å². The molecule has 0 fully saturated rings. The van der Waals surface area contributed by atoms with Gasteiger partial charge >= 0.3 is 0 Å². The molecule has 2 aromatic carbocycles. The van der Waals surface area contributed by atoms with Crippen LogP contribution in [-0.2, 0) is 16.6 Å². The van der Waals surface area contributed by atoms with Crippen LogP contribution in [0.3, 0.4) is 0 Å². The van der Waals surface area contributed by atoms with Gasteiger partial charge in [0.1, 0.15) is 5.75 Å².